The molecule has 0 aliphatic rings. The first-order chi connectivity index (χ1) is 14.4. The van der Waals surface area contributed by atoms with Gasteiger partial charge in [0.15, 0.2) is 5.96 Å². The van der Waals surface area contributed by atoms with Crippen LogP contribution in [0.2, 0.25) is 0 Å². The van der Waals surface area contributed by atoms with E-state index >= 15 is 0 Å². The van der Waals surface area contributed by atoms with Crippen LogP contribution in [0.5, 0.6) is 0 Å². The number of thiazole rings is 1. The highest BCUT2D eigenvalue weighted by Crippen LogP contribution is 2.17. The fourth-order valence-corrected chi connectivity index (χ4v) is 3.52. The predicted octanol–water partition coefficient (Wildman–Crippen LogP) is 3.53. The van der Waals surface area contributed by atoms with Crippen LogP contribution in [0.3, 0.4) is 0 Å². The third kappa shape index (κ3) is 9.86. The van der Waals surface area contributed by atoms with Gasteiger partial charge in [0.2, 0.25) is 5.91 Å². The molecular weight excluding hydrogens is 523 g/mol. The van der Waals surface area contributed by atoms with Gasteiger partial charge in [0.25, 0.3) is 0 Å². The maximum absolute atomic E-state index is 11.9. The molecule has 0 aliphatic carbocycles. The Balaban J connectivity index is 0.00000480. The van der Waals surface area contributed by atoms with E-state index in [0.717, 1.165) is 30.2 Å². The Kier molecular flexibility index (Phi) is 12.5. The van der Waals surface area contributed by atoms with Crippen LogP contribution >= 0.6 is 35.3 Å². The zero-order valence-corrected chi connectivity index (χ0v) is 22.2. The molecule has 0 saturated heterocycles. The summed E-state index contributed by atoms with van der Waals surface area (Å²) in [5.41, 5.74) is 2.31. The number of carbonyl (C=O) groups excluding carboxylic acids is 1. The number of hydrogen-bond acceptors (Lipinski definition) is 5. The molecule has 1 amide bonds. The highest BCUT2D eigenvalue weighted by atomic mass is 127. The zero-order valence-electron chi connectivity index (χ0n) is 19.1. The topological polar surface area (TPSA) is 72.9 Å². The van der Waals surface area contributed by atoms with Crippen molar-refractivity contribution < 1.29 is 4.79 Å². The van der Waals surface area contributed by atoms with E-state index < -0.39 is 0 Å². The molecule has 7 nitrogen and oxygen atoms in total. The Bertz CT molecular complexity index is 809. The van der Waals surface area contributed by atoms with Gasteiger partial charge in [-0.1, -0.05) is 32.0 Å². The summed E-state index contributed by atoms with van der Waals surface area (Å²) in [5.74, 6) is 1.02. The Morgan fingerprint density at radius 1 is 1.16 bits per heavy atom. The van der Waals surface area contributed by atoms with Gasteiger partial charge < -0.3 is 20.4 Å². The molecule has 0 atom stereocenters. The quantitative estimate of drug-likeness (QED) is 0.202. The molecule has 1 aromatic carbocycles. The summed E-state index contributed by atoms with van der Waals surface area (Å²) < 4.78 is 0. The van der Waals surface area contributed by atoms with Gasteiger partial charge in [-0.3, -0.25) is 4.79 Å². The van der Waals surface area contributed by atoms with Gasteiger partial charge in [-0.2, -0.15) is 0 Å². The number of benzene rings is 1. The summed E-state index contributed by atoms with van der Waals surface area (Å²) in [5, 5.41) is 9.75. The van der Waals surface area contributed by atoms with Crippen molar-refractivity contribution in [1.29, 1.82) is 0 Å². The first kappa shape index (κ1) is 27.2. The largest absolute Gasteiger partial charge is 0.375 e. The number of guanidine groups is 1. The van der Waals surface area contributed by atoms with Crippen molar-refractivity contribution >= 4 is 52.9 Å². The Hall–Kier alpha value is -1.88. The SMILES string of the molecule is CC(C)c1csc(CNC(=NCC(=O)N(C)C)NCCCN(C)c2ccccc2)n1.I. The number of hydrogen-bond donors (Lipinski definition) is 2. The molecule has 172 valence electrons. The predicted molar refractivity (Wildman–Crippen MR) is 142 cm³/mol. The van der Waals surface area contributed by atoms with Gasteiger partial charge in [-0.05, 0) is 24.5 Å². The zero-order chi connectivity index (χ0) is 21.9. The number of aromatic nitrogens is 1. The lowest BCUT2D eigenvalue weighted by Gasteiger charge is -2.19. The minimum atomic E-state index is -0.0312. The number of nitrogens with one attached hydrogen (secondary N) is 2. The van der Waals surface area contributed by atoms with Crippen molar-refractivity contribution in [2.75, 3.05) is 45.7 Å². The summed E-state index contributed by atoms with van der Waals surface area (Å²) in [4.78, 5) is 24.8. The van der Waals surface area contributed by atoms with E-state index in [1.54, 1.807) is 30.3 Å². The van der Waals surface area contributed by atoms with E-state index in [2.05, 4.69) is 63.9 Å². The van der Waals surface area contributed by atoms with E-state index in [4.69, 9.17) is 0 Å². The lowest BCUT2D eigenvalue weighted by Crippen LogP contribution is -2.39. The standard InChI is InChI=1S/C22H34N6OS.HI/c1-17(2)19-16-30-20(26-19)14-24-22(25-15-21(29)27(3)4)23-12-9-13-28(5)18-10-7-6-8-11-18;/h6-8,10-11,16-17H,9,12-15H2,1-5H3,(H2,23,24,25);1H. The molecule has 0 radical (unpaired) electrons. The van der Waals surface area contributed by atoms with E-state index in [9.17, 15) is 4.79 Å². The van der Waals surface area contributed by atoms with Gasteiger partial charge >= 0.3 is 0 Å². The van der Waals surface area contributed by atoms with E-state index in [1.807, 2.05) is 18.2 Å². The molecule has 2 N–H and O–H groups in total. The summed E-state index contributed by atoms with van der Waals surface area (Å²) in [6.07, 6.45) is 0.947. The molecular formula is C22H35IN6OS. The first-order valence-electron chi connectivity index (χ1n) is 10.3. The second-order valence-corrected chi connectivity index (χ2v) is 8.61. The lowest BCUT2D eigenvalue weighted by molar-refractivity contribution is -0.127. The van der Waals surface area contributed by atoms with Crippen LogP contribution in [0.15, 0.2) is 40.7 Å². The van der Waals surface area contributed by atoms with E-state index in [0.29, 0.717) is 18.4 Å². The molecule has 31 heavy (non-hydrogen) atoms. The van der Waals surface area contributed by atoms with Crippen LogP contribution in [0, 0.1) is 0 Å². The second kappa shape index (κ2) is 14.2. The van der Waals surface area contributed by atoms with Crippen molar-refractivity contribution in [2.24, 2.45) is 4.99 Å². The van der Waals surface area contributed by atoms with Crippen LogP contribution in [0.25, 0.3) is 0 Å². The summed E-state index contributed by atoms with van der Waals surface area (Å²) in [6.45, 7) is 6.66. The molecule has 1 aromatic heterocycles. The molecule has 2 aromatic rings. The molecule has 0 fully saturated rings. The normalized spacial score (nSPS) is 11.1. The highest BCUT2D eigenvalue weighted by molar-refractivity contribution is 14.0. The van der Waals surface area contributed by atoms with Crippen molar-refractivity contribution in [3.63, 3.8) is 0 Å². The summed E-state index contributed by atoms with van der Waals surface area (Å²) in [6, 6.07) is 10.3. The van der Waals surface area contributed by atoms with Gasteiger partial charge in [0, 0.05) is 45.3 Å². The molecule has 1 heterocycles. The monoisotopic (exact) mass is 558 g/mol. The summed E-state index contributed by atoms with van der Waals surface area (Å²) >= 11 is 1.64. The fourth-order valence-electron chi connectivity index (χ4n) is 2.63. The molecule has 0 spiro atoms. The van der Waals surface area contributed by atoms with Crippen molar-refractivity contribution in [3.8, 4) is 0 Å². The number of nitrogens with zero attached hydrogens (tertiary/aromatic N) is 4. The number of amides is 1. The molecule has 9 heteroatoms. The molecule has 0 saturated carbocycles. The van der Waals surface area contributed by atoms with Crippen LogP contribution < -0.4 is 15.5 Å². The number of aliphatic imine (C=N–C) groups is 1. The minimum Gasteiger partial charge on any atom is -0.375 e. The minimum absolute atomic E-state index is 0. The maximum atomic E-state index is 11.9. The maximum Gasteiger partial charge on any atom is 0.243 e. The van der Waals surface area contributed by atoms with Crippen LogP contribution in [-0.2, 0) is 11.3 Å². The van der Waals surface area contributed by atoms with Gasteiger partial charge in [0.1, 0.15) is 11.6 Å². The van der Waals surface area contributed by atoms with Crippen molar-refractivity contribution in [3.05, 3.63) is 46.4 Å². The average Bonchev–Trinajstić information content (AvgIpc) is 3.22. The van der Waals surface area contributed by atoms with Crippen molar-refractivity contribution in [1.82, 2.24) is 20.5 Å². The third-order valence-electron chi connectivity index (χ3n) is 4.60. The number of para-hydroxylation sites is 1. The number of halogens is 1. The van der Waals surface area contributed by atoms with Crippen LogP contribution in [0.4, 0.5) is 5.69 Å². The number of likely N-dealkylation sites (N-methyl/N-ethyl adjacent to an activating group) is 1. The van der Waals surface area contributed by atoms with Gasteiger partial charge in [-0.15, -0.1) is 35.3 Å². The number of carbonyl (C=O) groups is 1. The van der Waals surface area contributed by atoms with Crippen molar-refractivity contribution in [2.45, 2.75) is 32.7 Å². The number of rotatable bonds is 10. The van der Waals surface area contributed by atoms with Crippen LogP contribution in [0.1, 0.15) is 36.9 Å². The lowest BCUT2D eigenvalue weighted by atomic mass is 10.2. The molecule has 0 unspecified atom stereocenters. The van der Waals surface area contributed by atoms with E-state index in [1.165, 1.54) is 5.69 Å². The third-order valence-corrected chi connectivity index (χ3v) is 5.47. The Morgan fingerprint density at radius 2 is 1.87 bits per heavy atom. The smallest absolute Gasteiger partial charge is 0.243 e. The van der Waals surface area contributed by atoms with Gasteiger partial charge in [-0.25, -0.2) is 9.98 Å². The highest BCUT2D eigenvalue weighted by Gasteiger charge is 2.08. The van der Waals surface area contributed by atoms with Gasteiger partial charge in [0.05, 0.1) is 12.2 Å². The second-order valence-electron chi connectivity index (χ2n) is 7.66. The fraction of sp³-hybridized carbons (Fsp3) is 0.500. The Morgan fingerprint density at radius 3 is 2.48 bits per heavy atom. The van der Waals surface area contributed by atoms with E-state index in [-0.39, 0.29) is 36.4 Å². The molecule has 2 rings (SSSR count). The van der Waals surface area contributed by atoms with Crippen LogP contribution in [-0.4, -0.2) is 62.5 Å². The number of anilines is 1. The molecule has 0 bridgehead atoms. The molecule has 0 aliphatic heterocycles. The Labute approximate surface area is 207 Å². The summed E-state index contributed by atoms with van der Waals surface area (Å²) in [7, 11) is 5.56. The first-order valence-corrected chi connectivity index (χ1v) is 11.2. The average molecular weight is 559 g/mol.